The zero-order valence-electron chi connectivity index (χ0n) is 20.6. The van der Waals surface area contributed by atoms with Gasteiger partial charge in [0.05, 0.1) is 6.61 Å². The van der Waals surface area contributed by atoms with Gasteiger partial charge in [-0.1, -0.05) is 71.6 Å². The molecule has 2 rings (SSSR count). The van der Waals surface area contributed by atoms with Gasteiger partial charge in [0, 0.05) is 24.4 Å². The number of rotatable bonds is 18. The van der Waals surface area contributed by atoms with Gasteiger partial charge in [0.25, 0.3) is 0 Å². The zero-order chi connectivity index (χ0) is 23.7. The molecular weight excluding hydrogens is 418 g/mol. The number of benzene rings is 1. The lowest BCUT2D eigenvalue weighted by Crippen LogP contribution is -2.19. The average Bonchev–Trinajstić information content (AvgIpc) is 2.84. The van der Waals surface area contributed by atoms with E-state index in [2.05, 4.69) is 16.9 Å². The van der Waals surface area contributed by atoms with Gasteiger partial charge < -0.3 is 4.74 Å². The summed E-state index contributed by atoms with van der Waals surface area (Å²) in [4.78, 5) is 9.03. The van der Waals surface area contributed by atoms with Crippen molar-refractivity contribution >= 4 is 0 Å². The van der Waals surface area contributed by atoms with E-state index in [9.17, 15) is 8.78 Å². The van der Waals surface area contributed by atoms with E-state index in [-0.39, 0.29) is 19.4 Å². The summed E-state index contributed by atoms with van der Waals surface area (Å²) in [6, 6.07) is 7.43. The molecule has 1 aromatic carbocycles. The summed E-state index contributed by atoms with van der Waals surface area (Å²) in [5, 5.41) is 0. The number of aryl methyl sites for hydroxylation is 1. The Morgan fingerprint density at radius 3 is 1.91 bits per heavy atom. The standard InChI is InChI=1S/C28H42F2N2O/c1-3-5-6-7-8-9-10-11-12-14-23-21-31-28(32-22-23)24-15-17-25(18-16-24)33-20-19-27(30)26(29)13-4-2/h15-18,21-22,26-27H,3-14,19-20H2,1-2H3. The molecule has 1 heterocycles. The predicted octanol–water partition coefficient (Wildman–Crippen LogP) is 8.46. The first kappa shape index (κ1) is 27.2. The fourth-order valence-corrected chi connectivity index (χ4v) is 3.90. The van der Waals surface area contributed by atoms with Crippen molar-refractivity contribution in [3.8, 4) is 17.1 Å². The van der Waals surface area contributed by atoms with E-state index < -0.39 is 12.3 Å². The Balaban J connectivity index is 1.66. The van der Waals surface area contributed by atoms with Crippen LogP contribution in [0.2, 0.25) is 0 Å². The Bertz CT molecular complexity index is 737. The van der Waals surface area contributed by atoms with Gasteiger partial charge in [-0.3, -0.25) is 0 Å². The van der Waals surface area contributed by atoms with Crippen molar-refractivity contribution in [2.24, 2.45) is 0 Å². The number of unbranched alkanes of at least 4 members (excludes halogenated alkanes) is 8. The van der Waals surface area contributed by atoms with Crippen LogP contribution in [0.3, 0.4) is 0 Å². The summed E-state index contributed by atoms with van der Waals surface area (Å²) < 4.78 is 32.8. The molecule has 33 heavy (non-hydrogen) atoms. The van der Waals surface area contributed by atoms with Crippen molar-refractivity contribution in [2.45, 2.75) is 110 Å². The molecule has 0 fully saturated rings. The van der Waals surface area contributed by atoms with Gasteiger partial charge in [0.1, 0.15) is 18.1 Å². The molecular formula is C28H42F2N2O. The second-order valence-corrected chi connectivity index (χ2v) is 8.98. The molecule has 0 radical (unpaired) electrons. The number of aromatic nitrogens is 2. The van der Waals surface area contributed by atoms with Crippen molar-refractivity contribution in [3.05, 3.63) is 42.2 Å². The number of hydrogen-bond donors (Lipinski definition) is 0. The monoisotopic (exact) mass is 460 g/mol. The molecule has 1 aromatic heterocycles. The molecule has 0 N–H and O–H groups in total. The van der Waals surface area contributed by atoms with Gasteiger partial charge in [-0.2, -0.15) is 0 Å². The van der Waals surface area contributed by atoms with Crippen LogP contribution in [-0.4, -0.2) is 28.9 Å². The summed E-state index contributed by atoms with van der Waals surface area (Å²) >= 11 is 0. The van der Waals surface area contributed by atoms with Gasteiger partial charge in [-0.15, -0.1) is 0 Å². The molecule has 0 aliphatic heterocycles. The number of ether oxygens (including phenoxy) is 1. The second-order valence-electron chi connectivity index (χ2n) is 8.98. The molecule has 0 aliphatic rings. The molecule has 2 aromatic rings. The molecule has 3 nitrogen and oxygen atoms in total. The SMILES string of the molecule is CCCCCCCCCCCc1cnc(-c2ccc(OCCC(F)C(F)CCC)cc2)nc1. The third-order valence-electron chi connectivity index (χ3n) is 6.01. The fourth-order valence-electron chi connectivity index (χ4n) is 3.90. The lowest BCUT2D eigenvalue weighted by Gasteiger charge is -2.13. The van der Waals surface area contributed by atoms with Crippen LogP contribution < -0.4 is 4.74 Å². The lowest BCUT2D eigenvalue weighted by molar-refractivity contribution is 0.129. The second kappa shape index (κ2) is 16.6. The Morgan fingerprint density at radius 1 is 0.727 bits per heavy atom. The Hall–Kier alpha value is -2.04. The van der Waals surface area contributed by atoms with E-state index >= 15 is 0 Å². The topological polar surface area (TPSA) is 35.0 Å². The molecule has 0 spiro atoms. The summed E-state index contributed by atoms with van der Waals surface area (Å²) in [5.74, 6) is 1.32. The van der Waals surface area contributed by atoms with Crippen LogP contribution in [0, 0.1) is 0 Å². The molecule has 0 amide bonds. The van der Waals surface area contributed by atoms with Gasteiger partial charge in [0.15, 0.2) is 5.82 Å². The van der Waals surface area contributed by atoms with Crippen molar-refractivity contribution < 1.29 is 13.5 Å². The minimum atomic E-state index is -1.47. The highest BCUT2D eigenvalue weighted by Gasteiger charge is 2.19. The third-order valence-corrected chi connectivity index (χ3v) is 6.01. The zero-order valence-corrected chi connectivity index (χ0v) is 20.6. The van der Waals surface area contributed by atoms with Gasteiger partial charge >= 0.3 is 0 Å². The van der Waals surface area contributed by atoms with E-state index in [4.69, 9.17) is 4.74 Å². The smallest absolute Gasteiger partial charge is 0.159 e. The minimum Gasteiger partial charge on any atom is -0.493 e. The maximum Gasteiger partial charge on any atom is 0.159 e. The minimum absolute atomic E-state index is 0.0620. The molecule has 0 bridgehead atoms. The van der Waals surface area contributed by atoms with Crippen LogP contribution in [0.25, 0.3) is 11.4 Å². The van der Waals surface area contributed by atoms with E-state index in [0.717, 1.165) is 12.0 Å². The predicted molar refractivity (Wildman–Crippen MR) is 133 cm³/mol. The quantitative estimate of drug-likeness (QED) is 0.209. The van der Waals surface area contributed by atoms with E-state index in [1.54, 1.807) is 0 Å². The average molecular weight is 461 g/mol. The number of hydrogen-bond acceptors (Lipinski definition) is 3. The van der Waals surface area contributed by atoms with Gasteiger partial charge in [-0.25, -0.2) is 18.7 Å². The molecule has 5 heteroatoms. The van der Waals surface area contributed by atoms with Gasteiger partial charge in [0.2, 0.25) is 0 Å². The van der Waals surface area contributed by atoms with E-state index in [1.165, 1.54) is 63.4 Å². The van der Waals surface area contributed by atoms with E-state index in [1.807, 2.05) is 43.6 Å². The first-order chi connectivity index (χ1) is 16.1. The summed E-state index contributed by atoms with van der Waals surface area (Å²) in [5.41, 5.74) is 2.09. The van der Waals surface area contributed by atoms with Gasteiger partial charge in [-0.05, 0) is 49.1 Å². The third kappa shape index (κ3) is 11.1. The Morgan fingerprint density at radius 2 is 1.30 bits per heavy atom. The van der Waals surface area contributed by atoms with Crippen molar-refractivity contribution in [3.63, 3.8) is 0 Å². The van der Waals surface area contributed by atoms with Crippen molar-refractivity contribution in [1.82, 2.24) is 9.97 Å². The van der Waals surface area contributed by atoms with Crippen molar-refractivity contribution in [2.75, 3.05) is 6.61 Å². The molecule has 0 saturated carbocycles. The lowest BCUT2D eigenvalue weighted by atomic mass is 10.1. The normalized spacial score (nSPS) is 13.1. The van der Waals surface area contributed by atoms with Crippen molar-refractivity contribution in [1.29, 1.82) is 0 Å². The maximum atomic E-state index is 13.7. The maximum absolute atomic E-state index is 13.7. The molecule has 0 saturated heterocycles. The molecule has 2 atom stereocenters. The van der Waals surface area contributed by atoms with Crippen LogP contribution in [0.4, 0.5) is 8.78 Å². The van der Waals surface area contributed by atoms with Crippen LogP contribution in [-0.2, 0) is 6.42 Å². The molecule has 184 valence electrons. The summed E-state index contributed by atoms with van der Waals surface area (Å²) in [6.45, 7) is 4.27. The Kier molecular flexibility index (Phi) is 13.6. The van der Waals surface area contributed by atoms with Crippen LogP contribution in [0.1, 0.15) is 96.5 Å². The fraction of sp³-hybridized carbons (Fsp3) is 0.643. The van der Waals surface area contributed by atoms with Crippen LogP contribution >= 0.6 is 0 Å². The van der Waals surface area contributed by atoms with E-state index in [0.29, 0.717) is 18.0 Å². The highest BCUT2D eigenvalue weighted by atomic mass is 19.2. The van der Waals surface area contributed by atoms with Crippen LogP contribution in [0.15, 0.2) is 36.7 Å². The summed E-state index contributed by atoms with van der Waals surface area (Å²) in [6.07, 6.45) is 14.9. The largest absolute Gasteiger partial charge is 0.493 e. The highest BCUT2D eigenvalue weighted by Crippen LogP contribution is 2.21. The molecule has 0 aliphatic carbocycles. The van der Waals surface area contributed by atoms with Crippen LogP contribution in [0.5, 0.6) is 5.75 Å². The highest BCUT2D eigenvalue weighted by molar-refractivity contribution is 5.55. The first-order valence-electron chi connectivity index (χ1n) is 13.0. The number of nitrogens with zero attached hydrogens (tertiary/aromatic N) is 2. The number of halogens is 2. The molecule has 2 unspecified atom stereocenters. The first-order valence-corrected chi connectivity index (χ1v) is 13.0. The Labute approximate surface area is 199 Å². The number of alkyl halides is 2. The summed E-state index contributed by atoms with van der Waals surface area (Å²) in [7, 11) is 0.